The van der Waals surface area contributed by atoms with E-state index in [1.807, 2.05) is 0 Å². The number of allylic oxidation sites excluding steroid dienone is 2. The van der Waals surface area contributed by atoms with Crippen molar-refractivity contribution in [3.05, 3.63) is 12.2 Å². The van der Waals surface area contributed by atoms with Crippen molar-refractivity contribution < 1.29 is 0 Å². The largest absolute Gasteiger partial charge is 0.0885 e. The van der Waals surface area contributed by atoms with Crippen LogP contribution in [0.25, 0.3) is 0 Å². The molecule has 0 fully saturated rings. The van der Waals surface area contributed by atoms with Gasteiger partial charge in [-0.15, -0.1) is 0 Å². The zero-order chi connectivity index (χ0) is 8.32. The second-order valence-corrected chi connectivity index (χ2v) is 4.32. The Bertz CT molecular complexity index is 142. The minimum atomic E-state index is 0.560. The van der Waals surface area contributed by atoms with E-state index in [0.29, 0.717) is 5.41 Å². The van der Waals surface area contributed by atoms with Crippen LogP contribution in [0.1, 0.15) is 46.5 Å². The van der Waals surface area contributed by atoms with Gasteiger partial charge in [0.15, 0.2) is 0 Å². The van der Waals surface area contributed by atoms with Crippen molar-refractivity contribution in [2.45, 2.75) is 46.5 Å². The highest BCUT2D eigenvalue weighted by Crippen LogP contribution is 2.37. The van der Waals surface area contributed by atoms with E-state index < -0.39 is 0 Å². The van der Waals surface area contributed by atoms with Crippen LogP contribution in [0, 0.1) is 11.3 Å². The Kier molecular flexibility index (Phi) is 2.75. The van der Waals surface area contributed by atoms with Crippen molar-refractivity contribution in [2.24, 2.45) is 11.3 Å². The molecule has 1 aliphatic carbocycles. The predicted molar refractivity (Wildman–Crippen MR) is 50.6 cm³/mol. The Balaban J connectivity index is 2.52. The monoisotopic (exact) mass is 152 g/mol. The lowest BCUT2D eigenvalue weighted by Crippen LogP contribution is -2.23. The van der Waals surface area contributed by atoms with Crippen molar-refractivity contribution in [2.75, 3.05) is 0 Å². The van der Waals surface area contributed by atoms with Crippen LogP contribution in [-0.4, -0.2) is 0 Å². The molecule has 0 nitrogen and oxygen atoms in total. The Morgan fingerprint density at radius 1 is 1.36 bits per heavy atom. The van der Waals surface area contributed by atoms with E-state index in [9.17, 15) is 0 Å². The summed E-state index contributed by atoms with van der Waals surface area (Å²) in [5, 5.41) is 0. The summed E-state index contributed by atoms with van der Waals surface area (Å²) in [6, 6.07) is 0. The van der Waals surface area contributed by atoms with Gasteiger partial charge < -0.3 is 0 Å². The fraction of sp³-hybridized carbons (Fsp3) is 0.818. The molecule has 0 aromatic heterocycles. The van der Waals surface area contributed by atoms with Crippen LogP contribution in [0.5, 0.6) is 0 Å². The molecule has 11 heavy (non-hydrogen) atoms. The molecule has 0 saturated heterocycles. The zero-order valence-electron chi connectivity index (χ0n) is 8.06. The van der Waals surface area contributed by atoms with Gasteiger partial charge in [0.05, 0.1) is 0 Å². The zero-order valence-corrected chi connectivity index (χ0v) is 8.06. The summed E-state index contributed by atoms with van der Waals surface area (Å²) in [6.45, 7) is 7.10. The molecule has 0 spiro atoms. The minimum absolute atomic E-state index is 0.560. The summed E-state index contributed by atoms with van der Waals surface area (Å²) in [5.41, 5.74) is 0.560. The first-order chi connectivity index (χ1) is 5.17. The first kappa shape index (κ1) is 8.83. The quantitative estimate of drug-likeness (QED) is 0.528. The topological polar surface area (TPSA) is 0 Å². The Labute approximate surface area is 70.7 Å². The molecule has 0 aliphatic heterocycles. The van der Waals surface area contributed by atoms with Crippen LogP contribution >= 0.6 is 0 Å². The maximum Gasteiger partial charge on any atom is -0.0317 e. The molecular formula is C11H20. The van der Waals surface area contributed by atoms with Crippen LogP contribution in [0.3, 0.4) is 0 Å². The predicted octanol–water partition coefficient (Wildman–Crippen LogP) is 3.78. The van der Waals surface area contributed by atoms with Crippen molar-refractivity contribution >= 4 is 0 Å². The lowest BCUT2D eigenvalue weighted by Gasteiger charge is -2.34. The van der Waals surface area contributed by atoms with E-state index in [4.69, 9.17) is 0 Å². The first-order valence-electron chi connectivity index (χ1n) is 4.82. The van der Waals surface area contributed by atoms with Crippen LogP contribution in [0.2, 0.25) is 0 Å². The van der Waals surface area contributed by atoms with Gasteiger partial charge in [0, 0.05) is 0 Å². The summed E-state index contributed by atoms with van der Waals surface area (Å²) >= 11 is 0. The van der Waals surface area contributed by atoms with Gasteiger partial charge in [-0.05, 0) is 30.6 Å². The molecule has 0 heterocycles. The maximum absolute atomic E-state index is 2.40. The smallest absolute Gasteiger partial charge is 0.0317 e. The van der Waals surface area contributed by atoms with Gasteiger partial charge in [-0.25, -0.2) is 0 Å². The van der Waals surface area contributed by atoms with E-state index in [-0.39, 0.29) is 0 Å². The normalized spacial score (nSPS) is 25.5. The summed E-state index contributed by atoms with van der Waals surface area (Å²) in [7, 11) is 0. The molecule has 1 atom stereocenters. The molecule has 0 aromatic carbocycles. The van der Waals surface area contributed by atoms with Gasteiger partial charge in [-0.1, -0.05) is 39.3 Å². The lowest BCUT2D eigenvalue weighted by molar-refractivity contribution is 0.189. The van der Waals surface area contributed by atoms with Gasteiger partial charge in [-0.2, -0.15) is 0 Å². The van der Waals surface area contributed by atoms with Crippen LogP contribution in [0.15, 0.2) is 12.2 Å². The highest BCUT2D eigenvalue weighted by Gasteiger charge is 2.26. The van der Waals surface area contributed by atoms with E-state index in [1.165, 1.54) is 25.7 Å². The summed E-state index contributed by atoms with van der Waals surface area (Å²) < 4.78 is 0. The summed E-state index contributed by atoms with van der Waals surface area (Å²) in [6.07, 6.45) is 9.99. The highest BCUT2D eigenvalue weighted by atomic mass is 14.3. The van der Waals surface area contributed by atoms with Crippen molar-refractivity contribution in [3.63, 3.8) is 0 Å². The van der Waals surface area contributed by atoms with E-state index >= 15 is 0 Å². The first-order valence-corrected chi connectivity index (χ1v) is 4.82. The molecule has 0 aromatic rings. The maximum atomic E-state index is 2.40. The SMILES string of the molecule is CCC(C)(C)C1CC=CCC1. The molecular weight excluding hydrogens is 132 g/mol. The molecule has 0 amide bonds. The molecule has 1 rings (SSSR count). The number of hydrogen-bond acceptors (Lipinski definition) is 0. The molecule has 0 N–H and O–H groups in total. The average Bonchev–Trinajstić information content (AvgIpc) is 2.06. The number of hydrogen-bond donors (Lipinski definition) is 0. The standard InChI is InChI=1S/C11H20/c1-4-11(2,3)10-8-6-5-7-9-10/h5-6,10H,4,7-9H2,1-3H3. The third kappa shape index (κ3) is 2.08. The highest BCUT2D eigenvalue weighted by molar-refractivity contribution is 4.94. The molecule has 0 heteroatoms. The van der Waals surface area contributed by atoms with Gasteiger partial charge in [0.25, 0.3) is 0 Å². The lowest BCUT2D eigenvalue weighted by atomic mass is 9.71. The van der Waals surface area contributed by atoms with Gasteiger partial charge in [0.2, 0.25) is 0 Å². The molecule has 1 aliphatic rings. The van der Waals surface area contributed by atoms with Crippen LogP contribution < -0.4 is 0 Å². The Hall–Kier alpha value is -0.260. The second-order valence-electron chi connectivity index (χ2n) is 4.32. The van der Waals surface area contributed by atoms with Crippen LogP contribution in [0.4, 0.5) is 0 Å². The van der Waals surface area contributed by atoms with Crippen molar-refractivity contribution in [1.82, 2.24) is 0 Å². The third-order valence-electron chi connectivity index (χ3n) is 3.29. The molecule has 0 bridgehead atoms. The van der Waals surface area contributed by atoms with Crippen molar-refractivity contribution in [1.29, 1.82) is 0 Å². The summed E-state index contributed by atoms with van der Waals surface area (Å²) in [5.74, 6) is 0.928. The van der Waals surface area contributed by atoms with E-state index in [1.54, 1.807) is 0 Å². The fourth-order valence-corrected chi connectivity index (χ4v) is 1.79. The van der Waals surface area contributed by atoms with E-state index in [0.717, 1.165) is 5.92 Å². The molecule has 1 unspecified atom stereocenters. The Morgan fingerprint density at radius 3 is 2.55 bits per heavy atom. The second kappa shape index (κ2) is 3.42. The van der Waals surface area contributed by atoms with Gasteiger partial charge in [0.1, 0.15) is 0 Å². The Morgan fingerprint density at radius 2 is 2.09 bits per heavy atom. The van der Waals surface area contributed by atoms with Gasteiger partial charge >= 0.3 is 0 Å². The van der Waals surface area contributed by atoms with Crippen LogP contribution in [-0.2, 0) is 0 Å². The minimum Gasteiger partial charge on any atom is -0.0885 e. The van der Waals surface area contributed by atoms with Gasteiger partial charge in [-0.3, -0.25) is 0 Å². The third-order valence-corrected chi connectivity index (χ3v) is 3.29. The average molecular weight is 152 g/mol. The summed E-state index contributed by atoms with van der Waals surface area (Å²) in [4.78, 5) is 0. The molecule has 0 saturated carbocycles. The molecule has 64 valence electrons. The molecule has 0 radical (unpaired) electrons. The van der Waals surface area contributed by atoms with E-state index in [2.05, 4.69) is 32.9 Å². The fourth-order valence-electron chi connectivity index (χ4n) is 1.79. The van der Waals surface area contributed by atoms with Crippen molar-refractivity contribution in [3.8, 4) is 0 Å². The number of rotatable bonds is 2.